The molecule has 3 heterocycles. The van der Waals surface area contributed by atoms with E-state index in [0.717, 1.165) is 24.4 Å². The van der Waals surface area contributed by atoms with E-state index in [4.69, 9.17) is 9.47 Å². The van der Waals surface area contributed by atoms with Crippen molar-refractivity contribution in [1.82, 2.24) is 18.5 Å². The highest BCUT2D eigenvalue weighted by Gasteiger charge is 2.32. The first-order valence-corrected chi connectivity index (χ1v) is 10.0. The Hall–Kier alpha value is -1.26. The third kappa shape index (κ3) is 4.48. The van der Waals surface area contributed by atoms with Crippen molar-refractivity contribution in [2.75, 3.05) is 59.6 Å². The highest BCUT2D eigenvalue weighted by atomic mass is 32.2. The largest absolute Gasteiger partial charge is 0.495 e. The molecule has 0 spiro atoms. The van der Waals surface area contributed by atoms with E-state index in [1.54, 1.807) is 17.6 Å². The third-order valence-electron chi connectivity index (χ3n) is 4.61. The SMILES string of the molecule is COc1cccnc1CN1CCCN(S(=O)(=O)N2CCOCC2)CC1. The number of rotatable bonds is 5. The Bertz CT molecular complexity index is 664. The molecule has 0 radical (unpaired) electrons. The van der Waals surface area contributed by atoms with E-state index in [9.17, 15) is 8.42 Å². The highest BCUT2D eigenvalue weighted by Crippen LogP contribution is 2.19. The number of hydrogen-bond donors (Lipinski definition) is 0. The van der Waals surface area contributed by atoms with Crippen LogP contribution in [0.15, 0.2) is 18.3 Å². The summed E-state index contributed by atoms with van der Waals surface area (Å²) >= 11 is 0. The first kappa shape index (κ1) is 18.5. The van der Waals surface area contributed by atoms with Crippen molar-refractivity contribution >= 4 is 10.2 Å². The van der Waals surface area contributed by atoms with Crippen LogP contribution < -0.4 is 4.74 Å². The van der Waals surface area contributed by atoms with Crippen molar-refractivity contribution in [3.05, 3.63) is 24.0 Å². The molecule has 2 aliphatic heterocycles. The van der Waals surface area contributed by atoms with Crippen LogP contribution in [0.1, 0.15) is 12.1 Å². The Morgan fingerprint density at radius 3 is 2.64 bits per heavy atom. The first-order chi connectivity index (χ1) is 12.1. The number of aromatic nitrogens is 1. The number of morpholine rings is 1. The Morgan fingerprint density at radius 1 is 1.12 bits per heavy atom. The lowest BCUT2D eigenvalue weighted by Crippen LogP contribution is -2.49. The topological polar surface area (TPSA) is 75.2 Å². The molecule has 25 heavy (non-hydrogen) atoms. The van der Waals surface area contributed by atoms with Gasteiger partial charge in [-0.1, -0.05) is 0 Å². The van der Waals surface area contributed by atoms with Gasteiger partial charge in [0.1, 0.15) is 5.75 Å². The molecule has 0 atom stereocenters. The molecule has 0 unspecified atom stereocenters. The fourth-order valence-corrected chi connectivity index (χ4v) is 4.83. The molecule has 1 aromatic rings. The van der Waals surface area contributed by atoms with E-state index in [2.05, 4.69) is 9.88 Å². The van der Waals surface area contributed by atoms with Gasteiger partial charge in [-0.25, -0.2) is 0 Å². The Kier molecular flexibility index (Phi) is 6.24. The predicted molar refractivity (Wildman–Crippen MR) is 93.6 cm³/mol. The van der Waals surface area contributed by atoms with E-state index >= 15 is 0 Å². The molecule has 2 fully saturated rings. The number of hydrogen-bond acceptors (Lipinski definition) is 6. The summed E-state index contributed by atoms with van der Waals surface area (Å²) < 4.78 is 39.4. The molecule has 8 nitrogen and oxygen atoms in total. The average molecular weight is 370 g/mol. The lowest BCUT2D eigenvalue weighted by molar-refractivity contribution is 0.0702. The van der Waals surface area contributed by atoms with Crippen LogP contribution in [0.5, 0.6) is 5.75 Å². The second-order valence-corrected chi connectivity index (χ2v) is 8.13. The molecule has 140 valence electrons. The normalized spacial score (nSPS) is 21.8. The second kappa shape index (κ2) is 8.41. The van der Waals surface area contributed by atoms with Gasteiger partial charge in [0.05, 0.1) is 26.0 Å². The van der Waals surface area contributed by atoms with Gasteiger partial charge in [-0.2, -0.15) is 17.0 Å². The van der Waals surface area contributed by atoms with Crippen molar-refractivity contribution in [2.45, 2.75) is 13.0 Å². The molecule has 0 bridgehead atoms. The standard InChI is InChI=1S/C16H26N4O4S/c1-23-16-4-2-5-17-15(16)14-18-6-3-7-19(9-8-18)25(21,22)20-10-12-24-13-11-20/h2,4-5H,3,6-14H2,1H3. The second-order valence-electron chi connectivity index (χ2n) is 6.20. The van der Waals surface area contributed by atoms with Gasteiger partial charge in [0.2, 0.25) is 0 Å². The van der Waals surface area contributed by atoms with E-state index in [1.165, 1.54) is 4.31 Å². The van der Waals surface area contributed by atoms with Crippen LogP contribution in [0.2, 0.25) is 0 Å². The summed E-state index contributed by atoms with van der Waals surface area (Å²) in [5.74, 6) is 0.768. The fourth-order valence-electron chi connectivity index (χ4n) is 3.22. The van der Waals surface area contributed by atoms with Crippen LogP contribution in [-0.4, -0.2) is 86.5 Å². The summed E-state index contributed by atoms with van der Waals surface area (Å²) in [6.07, 6.45) is 2.56. The Morgan fingerprint density at radius 2 is 1.88 bits per heavy atom. The zero-order valence-corrected chi connectivity index (χ0v) is 15.4. The van der Waals surface area contributed by atoms with Crippen molar-refractivity contribution in [3.8, 4) is 5.75 Å². The molecule has 2 saturated heterocycles. The van der Waals surface area contributed by atoms with Crippen LogP contribution in [0.25, 0.3) is 0 Å². The number of pyridine rings is 1. The minimum absolute atomic E-state index is 0.438. The summed E-state index contributed by atoms with van der Waals surface area (Å²) in [7, 11) is -1.76. The van der Waals surface area contributed by atoms with Gasteiger partial charge in [0.25, 0.3) is 10.2 Å². The van der Waals surface area contributed by atoms with Crippen molar-refractivity contribution < 1.29 is 17.9 Å². The summed E-state index contributed by atoms with van der Waals surface area (Å²) in [6.45, 7) is 5.05. The minimum Gasteiger partial charge on any atom is -0.495 e. The molecular weight excluding hydrogens is 344 g/mol. The summed E-state index contributed by atoms with van der Waals surface area (Å²) in [5, 5.41) is 0. The molecule has 0 aliphatic carbocycles. The number of methoxy groups -OCH3 is 1. The van der Waals surface area contributed by atoms with Gasteiger partial charge in [0, 0.05) is 45.5 Å². The van der Waals surface area contributed by atoms with E-state index in [1.807, 2.05) is 12.1 Å². The van der Waals surface area contributed by atoms with Crippen molar-refractivity contribution in [2.24, 2.45) is 0 Å². The molecule has 3 rings (SSSR count). The van der Waals surface area contributed by atoms with Crippen LogP contribution in [0.3, 0.4) is 0 Å². The predicted octanol–water partition coefficient (Wildman–Crippen LogP) is 0.175. The lowest BCUT2D eigenvalue weighted by atomic mass is 10.3. The van der Waals surface area contributed by atoms with Crippen LogP contribution in [0.4, 0.5) is 0 Å². The van der Waals surface area contributed by atoms with Crippen LogP contribution in [-0.2, 0) is 21.5 Å². The third-order valence-corrected chi connectivity index (χ3v) is 6.65. The maximum Gasteiger partial charge on any atom is 0.282 e. The Labute approximate surface area is 149 Å². The fraction of sp³-hybridized carbons (Fsp3) is 0.688. The Balaban J connectivity index is 1.62. The zero-order valence-electron chi connectivity index (χ0n) is 14.6. The highest BCUT2D eigenvalue weighted by molar-refractivity contribution is 7.86. The van der Waals surface area contributed by atoms with Gasteiger partial charge in [-0.15, -0.1) is 0 Å². The molecule has 0 aromatic carbocycles. The molecular formula is C16H26N4O4S. The van der Waals surface area contributed by atoms with Gasteiger partial charge in [-0.05, 0) is 25.1 Å². The van der Waals surface area contributed by atoms with E-state index in [-0.39, 0.29) is 0 Å². The molecule has 9 heteroatoms. The van der Waals surface area contributed by atoms with Gasteiger partial charge in [0.15, 0.2) is 0 Å². The molecule has 1 aromatic heterocycles. The van der Waals surface area contributed by atoms with Gasteiger partial charge in [-0.3, -0.25) is 9.88 Å². The molecule has 0 saturated carbocycles. The van der Waals surface area contributed by atoms with E-state index in [0.29, 0.717) is 52.5 Å². The van der Waals surface area contributed by atoms with Gasteiger partial charge >= 0.3 is 0 Å². The van der Waals surface area contributed by atoms with Crippen LogP contribution >= 0.6 is 0 Å². The van der Waals surface area contributed by atoms with Crippen molar-refractivity contribution in [3.63, 3.8) is 0 Å². The molecule has 2 aliphatic rings. The average Bonchev–Trinajstić information content (AvgIpc) is 2.89. The monoisotopic (exact) mass is 370 g/mol. The summed E-state index contributed by atoms with van der Waals surface area (Å²) in [5.41, 5.74) is 0.884. The maximum atomic E-state index is 12.8. The summed E-state index contributed by atoms with van der Waals surface area (Å²) in [6, 6.07) is 3.75. The number of nitrogens with zero attached hydrogens (tertiary/aromatic N) is 4. The lowest BCUT2D eigenvalue weighted by Gasteiger charge is -2.31. The summed E-state index contributed by atoms with van der Waals surface area (Å²) in [4.78, 5) is 6.63. The quantitative estimate of drug-likeness (QED) is 0.736. The van der Waals surface area contributed by atoms with Crippen LogP contribution in [0, 0.1) is 0 Å². The maximum absolute atomic E-state index is 12.8. The smallest absolute Gasteiger partial charge is 0.282 e. The minimum atomic E-state index is -3.40. The molecule has 0 N–H and O–H groups in total. The molecule has 0 amide bonds. The van der Waals surface area contributed by atoms with Gasteiger partial charge < -0.3 is 9.47 Å². The van der Waals surface area contributed by atoms with E-state index < -0.39 is 10.2 Å². The van der Waals surface area contributed by atoms with Crippen molar-refractivity contribution in [1.29, 1.82) is 0 Å². The zero-order chi connectivity index (χ0) is 17.7. The first-order valence-electron chi connectivity index (χ1n) is 8.64. The number of ether oxygens (including phenoxy) is 2.